The van der Waals surface area contributed by atoms with E-state index < -0.39 is 12.1 Å². The number of hydrogen-bond acceptors (Lipinski definition) is 5. The quantitative estimate of drug-likeness (QED) is 0.724. The number of aliphatic hydroxyl groups is 1. The lowest BCUT2D eigenvalue weighted by molar-refractivity contribution is -0.133. The van der Waals surface area contributed by atoms with Crippen LogP contribution >= 0.6 is 0 Å². The largest absolute Gasteiger partial charge is 0.484 e. The van der Waals surface area contributed by atoms with E-state index in [0.717, 1.165) is 0 Å². The van der Waals surface area contributed by atoms with E-state index in [0.29, 0.717) is 17.0 Å². The summed E-state index contributed by atoms with van der Waals surface area (Å²) in [5.74, 6) is 0.0931. The molecule has 0 aliphatic carbocycles. The molecule has 0 saturated carbocycles. The molecule has 7 heteroatoms. The lowest BCUT2D eigenvalue weighted by atomic mass is 10.0. The van der Waals surface area contributed by atoms with Crippen molar-refractivity contribution in [2.45, 2.75) is 12.1 Å². The van der Waals surface area contributed by atoms with Crippen LogP contribution in [-0.2, 0) is 14.3 Å². The predicted molar refractivity (Wildman–Crippen MR) is 94.7 cm³/mol. The van der Waals surface area contributed by atoms with Crippen molar-refractivity contribution >= 4 is 17.5 Å². The Labute approximate surface area is 150 Å². The fourth-order valence-electron chi connectivity index (χ4n) is 2.60. The van der Waals surface area contributed by atoms with E-state index in [1.807, 2.05) is 18.2 Å². The standard InChI is InChI=1S/C19H20N2O5/c22-17-11-25-10-16(21-17)19(24)13-6-8-14(9-7-13)20-18(23)12-26-15-4-2-1-3-5-15/h1-9,16,19,24H,10-12H2,(H,20,23)(H,21,22). The van der Waals surface area contributed by atoms with Gasteiger partial charge in [-0.25, -0.2) is 0 Å². The van der Waals surface area contributed by atoms with Crippen molar-refractivity contribution in [2.75, 3.05) is 25.1 Å². The number of morpholine rings is 1. The van der Waals surface area contributed by atoms with Gasteiger partial charge in [0.1, 0.15) is 18.5 Å². The Hall–Kier alpha value is -2.90. The summed E-state index contributed by atoms with van der Waals surface area (Å²) in [6.07, 6.45) is -0.884. The van der Waals surface area contributed by atoms with Gasteiger partial charge in [0.15, 0.2) is 6.61 Å². The topological polar surface area (TPSA) is 96.9 Å². The van der Waals surface area contributed by atoms with Crippen LogP contribution in [0.2, 0.25) is 0 Å². The van der Waals surface area contributed by atoms with Crippen LogP contribution in [-0.4, -0.2) is 42.8 Å². The first-order chi connectivity index (χ1) is 12.6. The number of ether oxygens (including phenoxy) is 2. The number of anilines is 1. The fraction of sp³-hybridized carbons (Fsp3) is 0.263. The molecule has 1 aliphatic heterocycles. The third kappa shape index (κ3) is 4.81. The number of hydrogen-bond donors (Lipinski definition) is 3. The average Bonchev–Trinajstić information content (AvgIpc) is 2.67. The zero-order chi connectivity index (χ0) is 18.4. The van der Waals surface area contributed by atoms with Gasteiger partial charge < -0.3 is 25.2 Å². The molecule has 2 atom stereocenters. The van der Waals surface area contributed by atoms with Crippen molar-refractivity contribution < 1.29 is 24.2 Å². The van der Waals surface area contributed by atoms with E-state index in [-0.39, 0.29) is 31.6 Å². The van der Waals surface area contributed by atoms with Gasteiger partial charge in [-0.2, -0.15) is 0 Å². The van der Waals surface area contributed by atoms with E-state index in [9.17, 15) is 14.7 Å². The first-order valence-corrected chi connectivity index (χ1v) is 8.24. The number of carbonyl (C=O) groups is 2. The van der Waals surface area contributed by atoms with Crippen LogP contribution in [0.1, 0.15) is 11.7 Å². The summed E-state index contributed by atoms with van der Waals surface area (Å²) in [5, 5.41) is 15.8. The van der Waals surface area contributed by atoms with Crippen molar-refractivity contribution in [3.63, 3.8) is 0 Å². The summed E-state index contributed by atoms with van der Waals surface area (Å²) in [6, 6.07) is 15.3. The molecule has 26 heavy (non-hydrogen) atoms. The number of carbonyl (C=O) groups excluding carboxylic acids is 2. The number of amides is 2. The number of benzene rings is 2. The maximum Gasteiger partial charge on any atom is 0.262 e. The molecule has 2 amide bonds. The van der Waals surface area contributed by atoms with Gasteiger partial charge in [0, 0.05) is 5.69 Å². The van der Waals surface area contributed by atoms with E-state index in [1.165, 1.54) is 0 Å². The smallest absolute Gasteiger partial charge is 0.262 e. The lowest BCUT2D eigenvalue weighted by Gasteiger charge is -2.28. The monoisotopic (exact) mass is 356 g/mol. The Morgan fingerprint density at radius 2 is 1.96 bits per heavy atom. The molecule has 0 spiro atoms. The van der Waals surface area contributed by atoms with Gasteiger partial charge in [0.05, 0.1) is 12.6 Å². The molecule has 7 nitrogen and oxygen atoms in total. The molecular weight excluding hydrogens is 336 g/mol. The highest BCUT2D eigenvalue weighted by molar-refractivity contribution is 5.91. The molecule has 0 aromatic heterocycles. The molecule has 1 saturated heterocycles. The summed E-state index contributed by atoms with van der Waals surface area (Å²) in [6.45, 7) is 0.168. The van der Waals surface area contributed by atoms with Gasteiger partial charge in [0.2, 0.25) is 5.91 Å². The second kappa shape index (κ2) is 8.46. The van der Waals surface area contributed by atoms with Gasteiger partial charge >= 0.3 is 0 Å². The van der Waals surface area contributed by atoms with Crippen LogP contribution in [0.5, 0.6) is 5.75 Å². The summed E-state index contributed by atoms with van der Waals surface area (Å²) >= 11 is 0. The van der Waals surface area contributed by atoms with Crippen LogP contribution in [0.3, 0.4) is 0 Å². The average molecular weight is 356 g/mol. The molecule has 1 fully saturated rings. The molecule has 1 heterocycles. The van der Waals surface area contributed by atoms with E-state index in [1.54, 1.807) is 36.4 Å². The Morgan fingerprint density at radius 1 is 1.23 bits per heavy atom. The van der Waals surface area contributed by atoms with Crippen LogP contribution in [0.4, 0.5) is 5.69 Å². The summed E-state index contributed by atoms with van der Waals surface area (Å²) < 4.78 is 10.5. The first kappa shape index (κ1) is 17.9. The zero-order valence-electron chi connectivity index (χ0n) is 14.1. The van der Waals surface area contributed by atoms with Crippen LogP contribution in [0, 0.1) is 0 Å². The Morgan fingerprint density at radius 3 is 2.65 bits per heavy atom. The second-order valence-electron chi connectivity index (χ2n) is 5.91. The van der Waals surface area contributed by atoms with Crippen LogP contribution in [0.15, 0.2) is 54.6 Å². The third-order valence-corrected chi connectivity index (χ3v) is 3.91. The van der Waals surface area contributed by atoms with Gasteiger partial charge in [-0.05, 0) is 29.8 Å². The number of nitrogens with one attached hydrogen (secondary N) is 2. The Kier molecular flexibility index (Phi) is 5.83. The minimum atomic E-state index is -0.884. The normalized spacial score (nSPS) is 17.9. The Bertz CT molecular complexity index is 748. The first-order valence-electron chi connectivity index (χ1n) is 8.24. The second-order valence-corrected chi connectivity index (χ2v) is 5.91. The molecular formula is C19H20N2O5. The van der Waals surface area contributed by atoms with Crippen LogP contribution < -0.4 is 15.4 Å². The van der Waals surface area contributed by atoms with E-state index >= 15 is 0 Å². The maximum atomic E-state index is 11.9. The highest BCUT2D eigenvalue weighted by Gasteiger charge is 2.26. The number of aliphatic hydroxyl groups excluding tert-OH is 1. The maximum absolute atomic E-state index is 11.9. The molecule has 136 valence electrons. The molecule has 2 aromatic rings. The number of rotatable bonds is 6. The zero-order valence-corrected chi connectivity index (χ0v) is 14.1. The van der Waals surface area contributed by atoms with Gasteiger partial charge in [-0.15, -0.1) is 0 Å². The molecule has 0 radical (unpaired) electrons. The SMILES string of the molecule is O=C(COc1ccccc1)Nc1ccc(C(O)C2COCC(=O)N2)cc1. The van der Waals surface area contributed by atoms with Crippen molar-refractivity contribution in [1.82, 2.24) is 5.32 Å². The molecule has 3 rings (SSSR count). The minimum Gasteiger partial charge on any atom is -0.484 e. The molecule has 0 bridgehead atoms. The molecule has 1 aliphatic rings. The molecule has 2 unspecified atom stereocenters. The third-order valence-electron chi connectivity index (χ3n) is 3.91. The van der Waals surface area contributed by atoms with Crippen molar-refractivity contribution in [3.8, 4) is 5.75 Å². The van der Waals surface area contributed by atoms with Crippen molar-refractivity contribution in [2.24, 2.45) is 0 Å². The van der Waals surface area contributed by atoms with Crippen LogP contribution in [0.25, 0.3) is 0 Å². The van der Waals surface area contributed by atoms with Gasteiger partial charge in [-0.3, -0.25) is 9.59 Å². The fourth-order valence-corrected chi connectivity index (χ4v) is 2.60. The summed E-state index contributed by atoms with van der Waals surface area (Å²) in [5.41, 5.74) is 1.21. The van der Waals surface area contributed by atoms with Crippen molar-refractivity contribution in [3.05, 3.63) is 60.2 Å². The lowest BCUT2D eigenvalue weighted by Crippen LogP contribution is -2.48. The summed E-state index contributed by atoms with van der Waals surface area (Å²) in [7, 11) is 0. The predicted octanol–water partition coefficient (Wildman–Crippen LogP) is 1.25. The summed E-state index contributed by atoms with van der Waals surface area (Å²) in [4.78, 5) is 23.3. The number of para-hydroxylation sites is 1. The molecule has 3 N–H and O–H groups in total. The van der Waals surface area contributed by atoms with E-state index in [4.69, 9.17) is 9.47 Å². The van der Waals surface area contributed by atoms with E-state index in [2.05, 4.69) is 10.6 Å². The minimum absolute atomic E-state index is 0.0131. The molecule has 2 aromatic carbocycles. The highest BCUT2D eigenvalue weighted by atomic mass is 16.5. The Balaban J connectivity index is 1.52. The van der Waals surface area contributed by atoms with Gasteiger partial charge in [0.25, 0.3) is 5.91 Å². The van der Waals surface area contributed by atoms with Gasteiger partial charge in [-0.1, -0.05) is 30.3 Å². The highest BCUT2D eigenvalue weighted by Crippen LogP contribution is 2.21. The van der Waals surface area contributed by atoms with Crippen molar-refractivity contribution in [1.29, 1.82) is 0 Å².